The predicted octanol–water partition coefficient (Wildman–Crippen LogP) is 1.58. The first-order valence-electron chi connectivity index (χ1n) is 7.95. The van der Waals surface area contributed by atoms with Crippen LogP contribution in [-0.4, -0.2) is 20.3 Å². The van der Waals surface area contributed by atoms with E-state index in [0.717, 1.165) is 20.3 Å². The van der Waals surface area contributed by atoms with E-state index < -0.39 is 5.91 Å². The molecule has 1 N–H and O–H groups in total. The third-order valence-corrected chi connectivity index (χ3v) is 5.16. The normalized spacial score (nSPS) is 12.0. The minimum atomic E-state index is -0.410. The zero-order valence-electron chi connectivity index (χ0n) is 13.9. The van der Waals surface area contributed by atoms with Gasteiger partial charge in [0.15, 0.2) is 0 Å². The van der Waals surface area contributed by atoms with Gasteiger partial charge in [-0.1, -0.05) is 41.7 Å². The molecule has 0 radical (unpaired) electrons. The van der Waals surface area contributed by atoms with Gasteiger partial charge in [-0.3, -0.25) is 9.59 Å². The summed E-state index contributed by atoms with van der Waals surface area (Å²) < 4.78 is 4.12. The molecule has 4 rings (SSSR count). The lowest BCUT2D eigenvalue weighted by molar-refractivity contribution is -0.122. The quantitative estimate of drug-likeness (QED) is 0.560. The van der Waals surface area contributed by atoms with Crippen LogP contribution in [0.25, 0.3) is 21.0 Å². The molecule has 26 heavy (non-hydrogen) atoms. The van der Waals surface area contributed by atoms with Crippen LogP contribution in [0.15, 0.2) is 64.6 Å². The zero-order chi connectivity index (χ0) is 18.1. The van der Waals surface area contributed by atoms with E-state index in [0.29, 0.717) is 10.2 Å². The smallest absolute Gasteiger partial charge is 0.275 e. The fraction of sp³-hybridized carbons (Fsp3) is 0.111. The molecule has 0 unspecified atom stereocenters. The summed E-state index contributed by atoms with van der Waals surface area (Å²) in [5, 5.41) is 9.50. The maximum absolute atomic E-state index is 12.4. The van der Waals surface area contributed by atoms with Gasteiger partial charge in [-0.2, -0.15) is 5.10 Å². The lowest BCUT2D eigenvalue weighted by Crippen LogP contribution is -2.32. The molecule has 130 valence electrons. The van der Waals surface area contributed by atoms with Crippen LogP contribution in [0.4, 0.5) is 0 Å². The highest BCUT2D eigenvalue weighted by Gasteiger charge is 2.08. The van der Waals surface area contributed by atoms with Crippen LogP contribution in [-0.2, 0) is 18.4 Å². The van der Waals surface area contributed by atoms with Crippen molar-refractivity contribution in [1.29, 1.82) is 0 Å². The van der Waals surface area contributed by atoms with Crippen molar-refractivity contribution >= 4 is 38.2 Å². The molecule has 2 aromatic heterocycles. The van der Waals surface area contributed by atoms with Crippen molar-refractivity contribution in [3.05, 3.63) is 69.9 Å². The molecule has 0 aliphatic rings. The van der Waals surface area contributed by atoms with E-state index in [-0.39, 0.29) is 12.1 Å². The van der Waals surface area contributed by atoms with Gasteiger partial charge < -0.3 is 4.57 Å². The number of nitrogens with zero attached hydrogens (tertiary/aromatic N) is 4. The fourth-order valence-electron chi connectivity index (χ4n) is 2.71. The van der Waals surface area contributed by atoms with E-state index >= 15 is 0 Å². The first-order chi connectivity index (χ1) is 12.6. The number of rotatable bonds is 3. The van der Waals surface area contributed by atoms with E-state index in [1.54, 1.807) is 18.3 Å². The topological polar surface area (TPSA) is 81.3 Å². The number of carbonyl (C=O) groups is 1. The van der Waals surface area contributed by atoms with Crippen LogP contribution in [0.1, 0.15) is 0 Å². The van der Waals surface area contributed by atoms with Gasteiger partial charge in [-0.15, -0.1) is 5.10 Å². The maximum atomic E-state index is 12.4. The van der Waals surface area contributed by atoms with E-state index in [1.807, 2.05) is 48.0 Å². The Bertz CT molecular complexity index is 1250. The lowest BCUT2D eigenvalue weighted by atomic mass is 10.2. The number of fused-ring (bicyclic) bond motifs is 2. The molecule has 0 saturated carbocycles. The van der Waals surface area contributed by atoms with Crippen LogP contribution >= 0.6 is 11.3 Å². The van der Waals surface area contributed by atoms with Gasteiger partial charge in [0.25, 0.3) is 11.5 Å². The average Bonchev–Trinajstić information content (AvgIpc) is 2.99. The summed E-state index contributed by atoms with van der Waals surface area (Å²) in [6.07, 6.45) is 1.58. The number of aromatic nitrogens is 3. The van der Waals surface area contributed by atoms with Crippen molar-refractivity contribution < 1.29 is 4.79 Å². The number of benzene rings is 2. The summed E-state index contributed by atoms with van der Waals surface area (Å²) in [5.41, 5.74) is 3.24. The Hall–Kier alpha value is -3.26. The molecular weight excluding hydrogens is 350 g/mol. The Morgan fingerprint density at radius 1 is 1.19 bits per heavy atom. The minimum Gasteiger partial charge on any atom is -0.318 e. The van der Waals surface area contributed by atoms with Crippen LogP contribution in [0, 0.1) is 0 Å². The molecule has 1 amide bonds. The second-order valence-corrected chi connectivity index (χ2v) is 6.76. The van der Waals surface area contributed by atoms with Gasteiger partial charge in [-0.25, -0.2) is 10.1 Å². The van der Waals surface area contributed by atoms with Gasteiger partial charge in [0.2, 0.25) is 4.80 Å². The Morgan fingerprint density at radius 2 is 1.96 bits per heavy atom. The lowest BCUT2D eigenvalue weighted by Gasteiger charge is -2.04. The van der Waals surface area contributed by atoms with Crippen LogP contribution in [0.3, 0.4) is 0 Å². The number of carbonyl (C=O) groups excluding carboxylic acids is 1. The molecular formula is C18H15N5O2S. The highest BCUT2D eigenvalue weighted by atomic mass is 32.1. The summed E-state index contributed by atoms with van der Waals surface area (Å²) in [6.45, 7) is -0.193. The third kappa shape index (κ3) is 2.91. The fourth-order valence-corrected chi connectivity index (χ4v) is 3.69. The van der Waals surface area contributed by atoms with E-state index in [4.69, 9.17) is 0 Å². The molecule has 0 atom stereocenters. The molecule has 8 heteroatoms. The number of thiazole rings is 1. The monoisotopic (exact) mass is 365 g/mol. The van der Waals surface area contributed by atoms with Gasteiger partial charge in [0, 0.05) is 12.4 Å². The highest BCUT2D eigenvalue weighted by Crippen LogP contribution is 2.14. The molecule has 0 fully saturated rings. The number of amides is 1. The molecule has 0 aliphatic carbocycles. The van der Waals surface area contributed by atoms with Gasteiger partial charge >= 0.3 is 0 Å². The van der Waals surface area contributed by atoms with Crippen molar-refractivity contribution in [2.24, 2.45) is 12.1 Å². The van der Waals surface area contributed by atoms with E-state index in [2.05, 4.69) is 15.6 Å². The van der Waals surface area contributed by atoms with Crippen LogP contribution < -0.4 is 15.8 Å². The summed E-state index contributed by atoms with van der Waals surface area (Å²) in [4.78, 5) is 25.3. The Labute approximate surface area is 151 Å². The molecule has 0 saturated heterocycles. The number of hydrogen-bond donors (Lipinski definition) is 1. The molecule has 0 bridgehead atoms. The molecule has 0 spiro atoms. The van der Waals surface area contributed by atoms with Crippen molar-refractivity contribution in [2.75, 3.05) is 0 Å². The number of nitrogens with one attached hydrogen (secondary N) is 1. The number of hydrogen-bond acceptors (Lipinski definition) is 5. The SMILES string of the molecule is Cn1c(=NNC(=O)Cn2ncc3ccccc3c2=O)sc2ccccc21. The molecule has 4 aromatic rings. The van der Waals surface area contributed by atoms with Gasteiger partial charge in [0.1, 0.15) is 6.54 Å². The first kappa shape index (κ1) is 16.2. The Morgan fingerprint density at radius 3 is 2.81 bits per heavy atom. The van der Waals surface area contributed by atoms with Crippen LogP contribution in [0.5, 0.6) is 0 Å². The van der Waals surface area contributed by atoms with E-state index in [1.165, 1.54) is 11.3 Å². The Balaban J connectivity index is 1.58. The highest BCUT2D eigenvalue weighted by molar-refractivity contribution is 7.16. The van der Waals surface area contributed by atoms with Crippen molar-refractivity contribution in [3.63, 3.8) is 0 Å². The third-order valence-electron chi connectivity index (χ3n) is 4.05. The van der Waals surface area contributed by atoms with Crippen molar-refractivity contribution in [3.8, 4) is 0 Å². The van der Waals surface area contributed by atoms with Gasteiger partial charge in [-0.05, 0) is 18.2 Å². The largest absolute Gasteiger partial charge is 0.318 e. The van der Waals surface area contributed by atoms with Crippen molar-refractivity contribution in [1.82, 2.24) is 19.8 Å². The second kappa shape index (κ2) is 6.57. The number of para-hydroxylation sites is 1. The van der Waals surface area contributed by atoms with Gasteiger partial charge in [0.05, 0.1) is 21.8 Å². The summed E-state index contributed by atoms with van der Waals surface area (Å²) >= 11 is 1.47. The van der Waals surface area contributed by atoms with Crippen molar-refractivity contribution in [2.45, 2.75) is 6.54 Å². The summed E-state index contributed by atoms with van der Waals surface area (Å²) in [5.74, 6) is -0.410. The molecule has 7 nitrogen and oxygen atoms in total. The molecule has 0 aliphatic heterocycles. The first-order valence-corrected chi connectivity index (χ1v) is 8.77. The second-order valence-electron chi connectivity index (χ2n) is 5.75. The van der Waals surface area contributed by atoms with Crippen LogP contribution in [0.2, 0.25) is 0 Å². The average molecular weight is 365 g/mol. The Kier molecular flexibility index (Phi) is 4.10. The summed E-state index contributed by atoms with van der Waals surface area (Å²) in [6, 6.07) is 15.1. The summed E-state index contributed by atoms with van der Waals surface area (Å²) in [7, 11) is 1.89. The predicted molar refractivity (Wildman–Crippen MR) is 101 cm³/mol. The standard InChI is InChI=1S/C18H15N5O2S/c1-22-14-8-4-5-9-15(14)26-18(22)21-20-16(24)11-23-17(25)13-7-3-2-6-12(13)10-19-23/h2-10H,11H2,1H3,(H,20,24). The molecule has 2 heterocycles. The maximum Gasteiger partial charge on any atom is 0.275 e. The minimum absolute atomic E-state index is 0.193. The van der Waals surface area contributed by atoms with E-state index in [9.17, 15) is 9.59 Å². The number of aryl methyl sites for hydroxylation is 1. The molecule has 2 aromatic carbocycles. The zero-order valence-corrected chi connectivity index (χ0v) is 14.7.